The van der Waals surface area contributed by atoms with Crippen molar-refractivity contribution in [2.45, 2.75) is 0 Å². The molecule has 0 bridgehead atoms. The summed E-state index contributed by atoms with van der Waals surface area (Å²) in [6, 6.07) is 9.31. The number of aromatic hydroxyl groups is 1. The molecule has 0 spiro atoms. The van der Waals surface area contributed by atoms with Gasteiger partial charge in [-0.05, 0) is 30.3 Å². The van der Waals surface area contributed by atoms with Crippen LogP contribution in [0.3, 0.4) is 0 Å². The zero-order valence-corrected chi connectivity index (χ0v) is 14.4. The summed E-state index contributed by atoms with van der Waals surface area (Å²) >= 11 is 11.8. The number of methoxy groups -OCH3 is 1. The van der Waals surface area contributed by atoms with Crippen LogP contribution < -0.4 is 15.2 Å². The smallest absolute Gasteiger partial charge is 0.282 e. The molecular formula is C17H12Cl2N2O4. The van der Waals surface area contributed by atoms with Crippen molar-refractivity contribution in [3.8, 4) is 11.5 Å². The second-order valence-corrected chi connectivity index (χ2v) is 5.95. The number of phenolic OH excluding ortho intramolecular Hbond substituents is 1. The number of nitrogens with zero attached hydrogens (tertiary/aromatic N) is 1. The number of amides is 2. The molecule has 0 aromatic heterocycles. The molecule has 0 unspecified atom stereocenters. The number of halogens is 2. The Balaban J connectivity index is 1.98. The Kier molecular flexibility index (Phi) is 4.57. The summed E-state index contributed by atoms with van der Waals surface area (Å²) in [4.78, 5) is 24.7. The van der Waals surface area contributed by atoms with Gasteiger partial charge in [-0.3, -0.25) is 15.0 Å². The van der Waals surface area contributed by atoms with E-state index in [1.165, 1.54) is 25.3 Å². The van der Waals surface area contributed by atoms with Crippen LogP contribution >= 0.6 is 23.2 Å². The van der Waals surface area contributed by atoms with Crippen LogP contribution in [0.4, 0.5) is 5.69 Å². The van der Waals surface area contributed by atoms with Crippen LogP contribution in [0, 0.1) is 0 Å². The summed E-state index contributed by atoms with van der Waals surface area (Å²) < 4.78 is 5.02. The number of carbonyl (C=O) groups is 2. The van der Waals surface area contributed by atoms with Gasteiger partial charge < -0.3 is 9.84 Å². The third-order valence-electron chi connectivity index (χ3n) is 3.60. The van der Waals surface area contributed by atoms with E-state index in [-0.39, 0.29) is 27.7 Å². The topological polar surface area (TPSA) is 78.9 Å². The first-order chi connectivity index (χ1) is 11.9. The molecule has 1 aliphatic heterocycles. The first-order valence-corrected chi connectivity index (χ1v) is 7.86. The zero-order valence-electron chi connectivity index (χ0n) is 12.9. The van der Waals surface area contributed by atoms with Crippen molar-refractivity contribution in [2.75, 3.05) is 12.1 Å². The van der Waals surface area contributed by atoms with Crippen LogP contribution in [-0.4, -0.2) is 24.0 Å². The Morgan fingerprint density at radius 2 is 1.92 bits per heavy atom. The molecule has 0 saturated carbocycles. The second-order valence-electron chi connectivity index (χ2n) is 5.14. The van der Waals surface area contributed by atoms with E-state index in [1.54, 1.807) is 24.3 Å². The van der Waals surface area contributed by atoms with Crippen molar-refractivity contribution in [3.63, 3.8) is 0 Å². The van der Waals surface area contributed by atoms with Gasteiger partial charge >= 0.3 is 0 Å². The van der Waals surface area contributed by atoms with Crippen LogP contribution in [-0.2, 0) is 9.59 Å². The zero-order chi connectivity index (χ0) is 18.1. The van der Waals surface area contributed by atoms with Crippen molar-refractivity contribution in [1.82, 2.24) is 5.43 Å². The van der Waals surface area contributed by atoms with Gasteiger partial charge in [-0.1, -0.05) is 35.3 Å². The lowest BCUT2D eigenvalue weighted by atomic mass is 10.1. The normalized spacial score (nSPS) is 15.6. The van der Waals surface area contributed by atoms with Gasteiger partial charge in [0.2, 0.25) is 0 Å². The number of hydrazine groups is 1. The number of rotatable bonds is 3. The van der Waals surface area contributed by atoms with E-state index in [0.29, 0.717) is 10.7 Å². The summed E-state index contributed by atoms with van der Waals surface area (Å²) in [5, 5.41) is 11.8. The molecule has 6 nitrogen and oxygen atoms in total. The molecule has 128 valence electrons. The summed E-state index contributed by atoms with van der Waals surface area (Å²) in [6.45, 7) is 0. The molecule has 1 aliphatic rings. The Bertz CT molecular complexity index is 912. The fourth-order valence-electron chi connectivity index (χ4n) is 2.34. The number of anilines is 1. The van der Waals surface area contributed by atoms with Gasteiger partial charge in [-0.15, -0.1) is 0 Å². The third kappa shape index (κ3) is 3.14. The molecule has 25 heavy (non-hydrogen) atoms. The molecule has 2 aromatic carbocycles. The van der Waals surface area contributed by atoms with E-state index in [1.807, 2.05) is 0 Å². The minimum atomic E-state index is -0.599. The maximum absolute atomic E-state index is 12.6. The van der Waals surface area contributed by atoms with E-state index in [2.05, 4.69) is 5.43 Å². The number of hydrogen-bond acceptors (Lipinski definition) is 4. The average molecular weight is 379 g/mol. The predicted octanol–water partition coefficient (Wildman–Crippen LogP) is 3.17. The highest BCUT2D eigenvalue weighted by Crippen LogP contribution is 2.33. The van der Waals surface area contributed by atoms with E-state index < -0.39 is 11.8 Å². The molecule has 1 heterocycles. The molecule has 0 radical (unpaired) electrons. The fraction of sp³-hybridized carbons (Fsp3) is 0.0588. The van der Waals surface area contributed by atoms with E-state index in [0.717, 1.165) is 5.01 Å². The lowest BCUT2D eigenvalue weighted by Gasteiger charge is -2.15. The van der Waals surface area contributed by atoms with Crippen molar-refractivity contribution >= 4 is 46.8 Å². The van der Waals surface area contributed by atoms with E-state index in [9.17, 15) is 14.7 Å². The van der Waals surface area contributed by atoms with Crippen molar-refractivity contribution in [1.29, 1.82) is 0 Å². The van der Waals surface area contributed by atoms with Crippen molar-refractivity contribution < 1.29 is 19.4 Å². The first-order valence-electron chi connectivity index (χ1n) is 7.10. The molecule has 8 heteroatoms. The highest BCUT2D eigenvalue weighted by atomic mass is 35.5. The van der Waals surface area contributed by atoms with Crippen LogP contribution in [0.2, 0.25) is 10.0 Å². The molecule has 1 fully saturated rings. The largest absolute Gasteiger partial charge is 0.504 e. The summed E-state index contributed by atoms with van der Waals surface area (Å²) in [6.07, 6.45) is 1.30. The Hall–Kier alpha value is -2.70. The van der Waals surface area contributed by atoms with Gasteiger partial charge in [0, 0.05) is 5.56 Å². The third-order valence-corrected chi connectivity index (χ3v) is 4.34. The molecule has 2 amide bonds. The molecule has 2 N–H and O–H groups in total. The number of carbonyl (C=O) groups excluding carboxylic acids is 2. The molecule has 2 aromatic rings. The number of ether oxygens (including phenoxy) is 1. The lowest BCUT2D eigenvalue weighted by molar-refractivity contribution is -0.117. The second kappa shape index (κ2) is 6.66. The highest BCUT2D eigenvalue weighted by Gasteiger charge is 2.35. The minimum Gasteiger partial charge on any atom is -0.504 e. The first kappa shape index (κ1) is 17.1. The van der Waals surface area contributed by atoms with Crippen LogP contribution in [0.1, 0.15) is 5.56 Å². The highest BCUT2D eigenvalue weighted by molar-refractivity contribution is 6.42. The Morgan fingerprint density at radius 1 is 1.16 bits per heavy atom. The predicted molar refractivity (Wildman–Crippen MR) is 94.7 cm³/mol. The Morgan fingerprint density at radius 3 is 2.60 bits per heavy atom. The molecule has 3 rings (SSSR count). The Labute approximate surface area is 153 Å². The van der Waals surface area contributed by atoms with Crippen LogP contribution in [0.15, 0.2) is 42.0 Å². The number of phenols is 1. The lowest BCUT2D eigenvalue weighted by Crippen LogP contribution is -2.35. The van der Waals surface area contributed by atoms with Gasteiger partial charge in [0.1, 0.15) is 5.57 Å². The van der Waals surface area contributed by atoms with Gasteiger partial charge in [-0.2, -0.15) is 0 Å². The van der Waals surface area contributed by atoms with Gasteiger partial charge in [-0.25, -0.2) is 5.01 Å². The van der Waals surface area contributed by atoms with Crippen LogP contribution in [0.25, 0.3) is 6.08 Å². The maximum Gasteiger partial charge on any atom is 0.282 e. The van der Waals surface area contributed by atoms with Gasteiger partial charge in [0.25, 0.3) is 11.8 Å². The minimum absolute atomic E-state index is 0.130. The molecule has 0 aliphatic carbocycles. The molecule has 1 saturated heterocycles. The fourth-order valence-corrected chi connectivity index (χ4v) is 2.63. The standard InChI is InChI=1S/C17H12Cl2N2O4/c1-25-14-4-2-3-9(15(14)22)7-11-16(23)20-21(17(11)24)10-5-6-12(18)13(19)8-10/h2-8,22H,1H3,(H,20,23)/b11-7+. The summed E-state index contributed by atoms with van der Waals surface area (Å²) in [5.74, 6) is -1.10. The monoisotopic (exact) mass is 378 g/mol. The molecular weight excluding hydrogens is 367 g/mol. The number of benzene rings is 2. The van der Waals surface area contributed by atoms with E-state index >= 15 is 0 Å². The van der Waals surface area contributed by atoms with Crippen LogP contribution in [0.5, 0.6) is 11.5 Å². The average Bonchev–Trinajstić information content (AvgIpc) is 2.87. The van der Waals surface area contributed by atoms with Gasteiger partial charge in [0.05, 0.1) is 22.8 Å². The van der Waals surface area contributed by atoms with E-state index in [4.69, 9.17) is 27.9 Å². The SMILES string of the molecule is COc1cccc(/C=C2\C(=O)NN(c3ccc(Cl)c(Cl)c3)C2=O)c1O. The summed E-state index contributed by atoms with van der Waals surface area (Å²) in [5.41, 5.74) is 2.97. The number of para-hydroxylation sites is 1. The molecule has 0 atom stereocenters. The number of nitrogens with one attached hydrogen (secondary N) is 1. The van der Waals surface area contributed by atoms with Crippen molar-refractivity contribution in [3.05, 3.63) is 57.6 Å². The van der Waals surface area contributed by atoms with Crippen molar-refractivity contribution in [2.24, 2.45) is 0 Å². The van der Waals surface area contributed by atoms with Gasteiger partial charge in [0.15, 0.2) is 11.5 Å². The maximum atomic E-state index is 12.6. The number of hydrogen-bond donors (Lipinski definition) is 2. The quantitative estimate of drug-likeness (QED) is 0.634. The summed E-state index contributed by atoms with van der Waals surface area (Å²) in [7, 11) is 1.41.